The van der Waals surface area contributed by atoms with Gasteiger partial charge in [-0.2, -0.15) is 5.10 Å². The number of carbonyl (C=O) groups excluding carboxylic acids is 2. The highest BCUT2D eigenvalue weighted by atomic mass is 32.2. The predicted molar refractivity (Wildman–Crippen MR) is 163 cm³/mol. The summed E-state index contributed by atoms with van der Waals surface area (Å²) in [7, 11) is 0. The lowest BCUT2D eigenvalue weighted by molar-refractivity contribution is -0.118. The van der Waals surface area contributed by atoms with Gasteiger partial charge < -0.3 is 24.4 Å². The second-order valence-corrected chi connectivity index (χ2v) is 13.5. The van der Waals surface area contributed by atoms with E-state index in [0.717, 1.165) is 54.3 Å². The Balaban J connectivity index is 1.27. The van der Waals surface area contributed by atoms with Gasteiger partial charge in [0.1, 0.15) is 22.1 Å². The summed E-state index contributed by atoms with van der Waals surface area (Å²) in [4.78, 5) is 32.6. The summed E-state index contributed by atoms with van der Waals surface area (Å²) in [5.74, 6) is 0.487. The molecule has 3 aromatic rings. The van der Waals surface area contributed by atoms with E-state index in [1.54, 1.807) is 11.1 Å². The predicted octanol–water partition coefficient (Wildman–Crippen LogP) is 6.02. The van der Waals surface area contributed by atoms with Crippen molar-refractivity contribution in [1.82, 2.24) is 19.7 Å². The highest BCUT2D eigenvalue weighted by Crippen LogP contribution is 2.38. The van der Waals surface area contributed by atoms with Crippen LogP contribution in [0, 0.1) is 0 Å². The van der Waals surface area contributed by atoms with E-state index in [4.69, 9.17) is 19.3 Å². The molecule has 0 bridgehead atoms. The van der Waals surface area contributed by atoms with Crippen molar-refractivity contribution in [3.05, 3.63) is 36.5 Å². The fraction of sp³-hybridized carbons (Fsp3) is 0.548. The van der Waals surface area contributed by atoms with E-state index in [-0.39, 0.29) is 18.2 Å². The number of benzene rings is 1. The van der Waals surface area contributed by atoms with Gasteiger partial charge in [-0.25, -0.2) is 14.5 Å². The van der Waals surface area contributed by atoms with Gasteiger partial charge in [0.2, 0.25) is 11.8 Å². The molecule has 224 valence electrons. The summed E-state index contributed by atoms with van der Waals surface area (Å²) >= 11 is 1.47. The molecule has 1 saturated carbocycles. The van der Waals surface area contributed by atoms with Crippen LogP contribution in [-0.4, -0.2) is 74.1 Å². The van der Waals surface area contributed by atoms with Gasteiger partial charge >= 0.3 is 6.09 Å². The molecule has 1 unspecified atom stereocenters. The Morgan fingerprint density at radius 2 is 1.98 bits per heavy atom. The lowest BCUT2D eigenvalue weighted by atomic mass is 10.1. The van der Waals surface area contributed by atoms with Gasteiger partial charge in [-0.3, -0.25) is 4.79 Å². The fourth-order valence-corrected chi connectivity index (χ4v) is 6.29. The molecule has 11 heteroatoms. The van der Waals surface area contributed by atoms with E-state index in [1.165, 1.54) is 11.8 Å². The number of amides is 2. The monoisotopic (exact) mass is 593 g/mol. The fourth-order valence-electron chi connectivity index (χ4n) is 5.47. The molecule has 3 fully saturated rings. The normalized spacial score (nSPS) is 22.8. The molecule has 2 atom stereocenters. The van der Waals surface area contributed by atoms with Gasteiger partial charge in [0.25, 0.3) is 0 Å². The molecule has 2 aliphatic heterocycles. The van der Waals surface area contributed by atoms with E-state index in [9.17, 15) is 9.59 Å². The van der Waals surface area contributed by atoms with Crippen LogP contribution in [0.2, 0.25) is 0 Å². The molecule has 1 aromatic carbocycles. The minimum absolute atomic E-state index is 0.131. The van der Waals surface area contributed by atoms with Crippen molar-refractivity contribution in [1.29, 1.82) is 0 Å². The Hall–Kier alpha value is -3.31. The molecule has 2 amide bonds. The zero-order chi connectivity index (χ0) is 29.5. The number of pyridine rings is 1. The molecule has 2 saturated heterocycles. The highest BCUT2D eigenvalue weighted by Gasteiger charge is 2.46. The minimum Gasteiger partial charge on any atom is -0.474 e. The van der Waals surface area contributed by atoms with E-state index in [0.29, 0.717) is 37.7 Å². The molecular weight excluding hydrogens is 554 g/mol. The average molecular weight is 594 g/mol. The number of anilines is 1. The van der Waals surface area contributed by atoms with Crippen LogP contribution in [0.3, 0.4) is 0 Å². The van der Waals surface area contributed by atoms with Crippen LogP contribution in [0.1, 0.15) is 65.5 Å². The first-order chi connectivity index (χ1) is 20.1. The molecule has 0 spiro atoms. The molecule has 1 aliphatic carbocycles. The quantitative estimate of drug-likeness (QED) is 0.354. The number of carbonyl (C=O) groups is 2. The summed E-state index contributed by atoms with van der Waals surface area (Å²) in [6, 6.07) is 9.74. The number of aromatic nitrogens is 3. The Kier molecular flexibility index (Phi) is 7.82. The van der Waals surface area contributed by atoms with Crippen LogP contribution in [0.15, 0.2) is 36.5 Å². The standard InChI is InChI=1S/C31H39N5O5S/c1-30(2,3)41-29(38)35-15-14-31(19-35,42-4)28(37)33-21-9-12-24-23(17-21)27(34-36(24)26-7-5-6-16-39-26)20-8-13-25(32-18-20)40-22-10-11-22/h8-9,12-13,17-18,22,26H,5-7,10-11,14-16,19H2,1-4H3,(H,33,37)/t26?,31-/m0/s1. The van der Waals surface area contributed by atoms with Crippen LogP contribution in [0.25, 0.3) is 22.2 Å². The van der Waals surface area contributed by atoms with Gasteiger partial charge in [0.15, 0.2) is 6.23 Å². The van der Waals surface area contributed by atoms with Crippen LogP contribution in [0.4, 0.5) is 10.5 Å². The molecular formula is C31H39N5O5S. The topological polar surface area (TPSA) is 108 Å². The zero-order valence-electron chi connectivity index (χ0n) is 24.7. The maximum Gasteiger partial charge on any atom is 0.410 e. The average Bonchev–Trinajstić information content (AvgIpc) is 3.53. The minimum atomic E-state index is -0.768. The Morgan fingerprint density at radius 3 is 2.64 bits per heavy atom. The molecule has 0 radical (unpaired) electrons. The first-order valence-corrected chi connectivity index (χ1v) is 16.0. The molecule has 4 heterocycles. The molecule has 10 nitrogen and oxygen atoms in total. The van der Waals surface area contributed by atoms with Crippen molar-refractivity contribution in [2.24, 2.45) is 0 Å². The summed E-state index contributed by atoms with van der Waals surface area (Å²) in [5, 5.41) is 9.05. The molecule has 1 N–H and O–H groups in total. The number of rotatable bonds is 7. The van der Waals surface area contributed by atoms with Crippen molar-refractivity contribution in [2.45, 2.75) is 82.0 Å². The van der Waals surface area contributed by atoms with Crippen LogP contribution >= 0.6 is 11.8 Å². The van der Waals surface area contributed by atoms with Crippen molar-refractivity contribution >= 4 is 40.4 Å². The van der Waals surface area contributed by atoms with E-state index >= 15 is 0 Å². The van der Waals surface area contributed by atoms with E-state index in [1.807, 2.05) is 62.0 Å². The Bertz CT molecular complexity index is 1460. The third kappa shape index (κ3) is 6.08. The second-order valence-electron chi connectivity index (χ2n) is 12.4. The number of likely N-dealkylation sites (tertiary alicyclic amines) is 1. The van der Waals surface area contributed by atoms with Gasteiger partial charge in [0.05, 0.1) is 5.52 Å². The smallest absolute Gasteiger partial charge is 0.410 e. The molecule has 3 aliphatic rings. The SMILES string of the molecule is CS[C@@]1(C(=O)Nc2ccc3c(c2)c(-c2ccc(OC4CC4)nc2)nn3C2CCCCO2)CCN(C(=O)OC(C)(C)C)C1. The van der Waals surface area contributed by atoms with Crippen LogP contribution in [0.5, 0.6) is 5.88 Å². The van der Waals surface area contributed by atoms with Gasteiger partial charge in [-0.1, -0.05) is 0 Å². The zero-order valence-corrected chi connectivity index (χ0v) is 25.5. The van der Waals surface area contributed by atoms with Crippen molar-refractivity contribution < 1.29 is 23.8 Å². The lowest BCUT2D eigenvalue weighted by Gasteiger charge is -2.28. The van der Waals surface area contributed by atoms with Gasteiger partial charge in [0, 0.05) is 48.6 Å². The lowest BCUT2D eigenvalue weighted by Crippen LogP contribution is -2.44. The number of hydrogen-bond donors (Lipinski definition) is 1. The summed E-state index contributed by atoms with van der Waals surface area (Å²) in [6.07, 6.45) is 9.18. The Labute approximate surface area is 250 Å². The second kappa shape index (κ2) is 11.4. The van der Waals surface area contributed by atoms with Gasteiger partial charge in [-0.15, -0.1) is 11.8 Å². The summed E-state index contributed by atoms with van der Waals surface area (Å²) < 4.78 is 18.7. The first-order valence-electron chi connectivity index (χ1n) is 14.8. The number of nitrogens with one attached hydrogen (secondary N) is 1. The van der Waals surface area contributed by atoms with Gasteiger partial charge in [-0.05, 0) is 89.8 Å². The largest absolute Gasteiger partial charge is 0.474 e. The van der Waals surface area contributed by atoms with Crippen LogP contribution in [-0.2, 0) is 14.3 Å². The third-order valence-corrected chi connectivity index (χ3v) is 9.20. The molecule has 6 rings (SSSR count). The van der Waals surface area contributed by atoms with Crippen LogP contribution < -0.4 is 10.1 Å². The number of ether oxygens (including phenoxy) is 3. The summed E-state index contributed by atoms with van der Waals surface area (Å²) in [5.41, 5.74) is 2.65. The Morgan fingerprint density at radius 1 is 1.14 bits per heavy atom. The third-order valence-electron chi connectivity index (χ3n) is 7.90. The van der Waals surface area contributed by atoms with Crippen molar-refractivity contribution in [2.75, 3.05) is 31.3 Å². The maximum absolute atomic E-state index is 13.7. The molecule has 2 aromatic heterocycles. The number of hydrogen-bond acceptors (Lipinski definition) is 8. The number of fused-ring (bicyclic) bond motifs is 1. The van der Waals surface area contributed by atoms with E-state index in [2.05, 4.69) is 10.3 Å². The number of thioether (sulfide) groups is 1. The number of nitrogens with zero attached hydrogens (tertiary/aromatic N) is 4. The maximum atomic E-state index is 13.7. The summed E-state index contributed by atoms with van der Waals surface area (Å²) in [6.45, 7) is 6.99. The first kappa shape index (κ1) is 28.8. The van der Waals surface area contributed by atoms with Crippen molar-refractivity contribution in [3.63, 3.8) is 0 Å². The molecule has 42 heavy (non-hydrogen) atoms. The van der Waals surface area contributed by atoms with Crippen molar-refractivity contribution in [3.8, 4) is 17.1 Å². The van der Waals surface area contributed by atoms with E-state index < -0.39 is 16.4 Å². The highest BCUT2D eigenvalue weighted by molar-refractivity contribution is 8.00.